The van der Waals surface area contributed by atoms with E-state index in [4.69, 9.17) is 13.9 Å². The summed E-state index contributed by atoms with van der Waals surface area (Å²) in [4.78, 5) is 4.72. The van der Waals surface area contributed by atoms with Crippen LogP contribution in [0.2, 0.25) is 0 Å². The Labute approximate surface area is 91.3 Å². The highest BCUT2D eigenvalue weighted by Crippen LogP contribution is 2.47. The molecule has 0 N–H and O–H groups in total. The van der Waals surface area contributed by atoms with Gasteiger partial charge in [0.2, 0.25) is 0 Å². The molecule has 0 aromatic heterocycles. The van der Waals surface area contributed by atoms with Gasteiger partial charge in [-0.1, -0.05) is 25.9 Å². The SMILES string of the molecule is CO/N=C(\CP(=O)(OC)OC)C(C)(C)C. The summed E-state index contributed by atoms with van der Waals surface area (Å²) < 4.78 is 21.6. The van der Waals surface area contributed by atoms with Crippen LogP contribution >= 0.6 is 7.60 Å². The van der Waals surface area contributed by atoms with Crippen LogP contribution in [-0.2, 0) is 18.5 Å². The summed E-state index contributed by atoms with van der Waals surface area (Å²) in [6.45, 7) is 5.88. The fourth-order valence-electron chi connectivity index (χ4n) is 0.900. The van der Waals surface area contributed by atoms with E-state index < -0.39 is 7.60 Å². The maximum absolute atomic E-state index is 11.9. The quantitative estimate of drug-likeness (QED) is 0.419. The molecule has 0 saturated carbocycles. The molecule has 0 spiro atoms. The standard InChI is InChI=1S/C9H20NO4P/c1-9(2,3)8(10-12-4)7-15(11,13-5)14-6/h7H2,1-6H3/b10-8+. The lowest BCUT2D eigenvalue weighted by molar-refractivity contribution is 0.208. The molecular formula is C9H20NO4P. The van der Waals surface area contributed by atoms with E-state index in [2.05, 4.69) is 5.16 Å². The van der Waals surface area contributed by atoms with E-state index in [0.717, 1.165) is 0 Å². The minimum Gasteiger partial charge on any atom is -0.399 e. The molecule has 0 aliphatic heterocycles. The highest BCUT2D eigenvalue weighted by atomic mass is 31.2. The second-order valence-corrected chi connectivity index (χ2v) is 6.37. The van der Waals surface area contributed by atoms with Crippen molar-refractivity contribution in [3.63, 3.8) is 0 Å². The number of nitrogens with zero attached hydrogens (tertiary/aromatic N) is 1. The highest BCUT2D eigenvalue weighted by molar-refractivity contribution is 7.54. The normalized spacial score (nSPS) is 14.1. The van der Waals surface area contributed by atoms with E-state index in [0.29, 0.717) is 5.71 Å². The molecular weight excluding hydrogens is 217 g/mol. The summed E-state index contributed by atoms with van der Waals surface area (Å²) in [5, 5.41) is 3.86. The summed E-state index contributed by atoms with van der Waals surface area (Å²) in [5.41, 5.74) is 0.417. The van der Waals surface area contributed by atoms with Crippen LogP contribution in [0.5, 0.6) is 0 Å². The van der Waals surface area contributed by atoms with Crippen molar-refractivity contribution < 1.29 is 18.5 Å². The van der Waals surface area contributed by atoms with E-state index >= 15 is 0 Å². The van der Waals surface area contributed by atoms with E-state index in [1.165, 1.54) is 21.3 Å². The van der Waals surface area contributed by atoms with Crippen molar-refractivity contribution in [3.05, 3.63) is 0 Å². The van der Waals surface area contributed by atoms with Crippen LogP contribution in [0.1, 0.15) is 20.8 Å². The Morgan fingerprint density at radius 3 is 1.93 bits per heavy atom. The fourth-order valence-corrected chi connectivity index (χ4v) is 2.21. The van der Waals surface area contributed by atoms with Gasteiger partial charge in [0.15, 0.2) is 0 Å². The van der Waals surface area contributed by atoms with Crippen LogP contribution in [0.25, 0.3) is 0 Å². The first-order valence-corrected chi connectivity index (χ1v) is 6.33. The third-order valence-corrected chi connectivity index (χ3v) is 3.77. The summed E-state index contributed by atoms with van der Waals surface area (Å²) in [6, 6.07) is 0. The van der Waals surface area contributed by atoms with Crippen molar-refractivity contribution in [3.8, 4) is 0 Å². The van der Waals surface area contributed by atoms with E-state index in [1.54, 1.807) is 0 Å². The molecule has 0 rings (SSSR count). The van der Waals surface area contributed by atoms with Crippen molar-refractivity contribution in [1.82, 2.24) is 0 Å². The van der Waals surface area contributed by atoms with Crippen LogP contribution in [0.4, 0.5) is 0 Å². The van der Waals surface area contributed by atoms with Crippen LogP contribution in [-0.4, -0.2) is 33.2 Å². The molecule has 0 fully saturated rings. The van der Waals surface area contributed by atoms with Gasteiger partial charge in [-0.25, -0.2) is 0 Å². The monoisotopic (exact) mass is 237 g/mol. The van der Waals surface area contributed by atoms with Crippen molar-refractivity contribution in [1.29, 1.82) is 0 Å². The van der Waals surface area contributed by atoms with Gasteiger partial charge in [-0.15, -0.1) is 0 Å². The molecule has 90 valence electrons. The van der Waals surface area contributed by atoms with E-state index in [9.17, 15) is 4.57 Å². The average Bonchev–Trinajstić information content (AvgIpc) is 2.15. The number of hydrogen-bond acceptors (Lipinski definition) is 5. The zero-order valence-electron chi connectivity index (χ0n) is 10.2. The van der Waals surface area contributed by atoms with E-state index in [1.807, 2.05) is 20.8 Å². The maximum Gasteiger partial charge on any atom is 0.335 e. The molecule has 15 heavy (non-hydrogen) atoms. The smallest absolute Gasteiger partial charge is 0.335 e. The Morgan fingerprint density at radius 1 is 1.20 bits per heavy atom. The van der Waals surface area contributed by atoms with Gasteiger partial charge >= 0.3 is 7.60 Å². The van der Waals surface area contributed by atoms with Gasteiger partial charge in [0.05, 0.1) is 11.9 Å². The molecule has 0 aliphatic carbocycles. The Morgan fingerprint density at radius 2 is 1.67 bits per heavy atom. The first kappa shape index (κ1) is 14.6. The first-order chi connectivity index (χ1) is 6.79. The third-order valence-electron chi connectivity index (χ3n) is 1.97. The molecule has 0 saturated heterocycles. The molecule has 0 bridgehead atoms. The predicted molar refractivity (Wildman–Crippen MR) is 60.4 cm³/mol. The lowest BCUT2D eigenvalue weighted by Gasteiger charge is -2.23. The van der Waals surface area contributed by atoms with Gasteiger partial charge in [-0.3, -0.25) is 4.57 Å². The topological polar surface area (TPSA) is 57.1 Å². The lowest BCUT2D eigenvalue weighted by Crippen LogP contribution is -2.25. The fraction of sp³-hybridized carbons (Fsp3) is 0.889. The molecule has 0 aliphatic rings. The van der Waals surface area contributed by atoms with Crippen molar-refractivity contribution in [2.45, 2.75) is 20.8 Å². The Kier molecular flexibility index (Phi) is 5.49. The molecule has 0 heterocycles. The molecule has 0 aromatic rings. The van der Waals surface area contributed by atoms with Gasteiger partial charge in [0, 0.05) is 19.6 Å². The molecule has 6 heteroatoms. The highest BCUT2D eigenvalue weighted by Gasteiger charge is 2.30. The first-order valence-electron chi connectivity index (χ1n) is 4.60. The largest absolute Gasteiger partial charge is 0.399 e. The molecule has 0 aromatic carbocycles. The van der Waals surface area contributed by atoms with Crippen molar-refractivity contribution in [2.24, 2.45) is 10.6 Å². The van der Waals surface area contributed by atoms with Gasteiger partial charge in [-0.2, -0.15) is 0 Å². The van der Waals surface area contributed by atoms with Gasteiger partial charge in [-0.05, 0) is 0 Å². The summed E-state index contributed by atoms with van der Waals surface area (Å²) in [7, 11) is 1.10. The molecule has 5 nitrogen and oxygen atoms in total. The number of oxime groups is 1. The average molecular weight is 237 g/mol. The molecule has 0 radical (unpaired) electrons. The Bertz CT molecular complexity index is 262. The second-order valence-electron chi connectivity index (χ2n) is 4.10. The summed E-state index contributed by atoms with van der Waals surface area (Å²) >= 11 is 0. The third kappa shape index (κ3) is 4.78. The number of rotatable bonds is 5. The van der Waals surface area contributed by atoms with Crippen LogP contribution in [0, 0.1) is 5.41 Å². The van der Waals surface area contributed by atoms with Gasteiger partial charge in [0.1, 0.15) is 7.11 Å². The molecule has 0 atom stereocenters. The van der Waals surface area contributed by atoms with Gasteiger partial charge < -0.3 is 13.9 Å². The molecule has 0 amide bonds. The summed E-state index contributed by atoms with van der Waals surface area (Å²) in [6.07, 6.45) is 0.136. The zero-order valence-corrected chi connectivity index (χ0v) is 11.1. The summed E-state index contributed by atoms with van der Waals surface area (Å²) in [5.74, 6) is 0. The Hall–Kier alpha value is -0.380. The minimum absolute atomic E-state index is 0.136. The minimum atomic E-state index is -3.07. The van der Waals surface area contributed by atoms with Gasteiger partial charge in [0.25, 0.3) is 0 Å². The van der Waals surface area contributed by atoms with Crippen LogP contribution in [0.3, 0.4) is 0 Å². The number of hydrogen-bond donors (Lipinski definition) is 0. The lowest BCUT2D eigenvalue weighted by atomic mass is 9.91. The van der Waals surface area contributed by atoms with Crippen LogP contribution in [0.15, 0.2) is 5.16 Å². The van der Waals surface area contributed by atoms with Crippen molar-refractivity contribution >= 4 is 13.3 Å². The van der Waals surface area contributed by atoms with Crippen LogP contribution < -0.4 is 0 Å². The van der Waals surface area contributed by atoms with E-state index in [-0.39, 0.29) is 11.6 Å². The Balaban J connectivity index is 4.86. The van der Waals surface area contributed by atoms with Crippen molar-refractivity contribution in [2.75, 3.05) is 27.5 Å². The zero-order chi connectivity index (χ0) is 12.1. The predicted octanol–water partition coefficient (Wildman–Crippen LogP) is 2.52. The second kappa shape index (κ2) is 5.64. The molecule has 0 unspecified atom stereocenters. The maximum atomic E-state index is 11.9.